The van der Waals surface area contributed by atoms with E-state index in [1.54, 1.807) is 11.0 Å². The van der Waals surface area contributed by atoms with Gasteiger partial charge in [-0.15, -0.1) is 11.6 Å². The molecule has 0 aliphatic carbocycles. The second-order valence-electron chi connectivity index (χ2n) is 5.62. The fourth-order valence-corrected chi connectivity index (χ4v) is 2.29. The van der Waals surface area contributed by atoms with Crippen LogP contribution in [0.1, 0.15) is 38.8 Å². The van der Waals surface area contributed by atoms with Crippen molar-refractivity contribution in [1.29, 1.82) is 0 Å². The van der Waals surface area contributed by atoms with Crippen molar-refractivity contribution in [2.45, 2.75) is 45.8 Å². The van der Waals surface area contributed by atoms with Crippen LogP contribution >= 0.6 is 11.6 Å². The fourth-order valence-electron chi connectivity index (χ4n) is 2.12. The summed E-state index contributed by atoms with van der Waals surface area (Å²) in [5, 5.41) is 0. The van der Waals surface area contributed by atoms with Gasteiger partial charge in [0.2, 0.25) is 0 Å². The molecule has 0 aliphatic rings. The minimum atomic E-state index is -4.37. The lowest BCUT2D eigenvalue weighted by Gasteiger charge is -2.33. The zero-order valence-electron chi connectivity index (χ0n) is 12.3. The zero-order valence-corrected chi connectivity index (χ0v) is 13.0. The Balaban J connectivity index is 3.33. The lowest BCUT2D eigenvalue weighted by molar-refractivity contribution is -0.137. The van der Waals surface area contributed by atoms with Gasteiger partial charge in [-0.2, -0.15) is 13.2 Å². The van der Waals surface area contributed by atoms with Gasteiger partial charge in [0, 0.05) is 24.2 Å². The second-order valence-corrected chi connectivity index (χ2v) is 5.89. The van der Waals surface area contributed by atoms with Crippen molar-refractivity contribution < 1.29 is 13.2 Å². The van der Waals surface area contributed by atoms with Gasteiger partial charge in [-0.05, 0) is 37.5 Å². The van der Waals surface area contributed by atoms with Crippen molar-refractivity contribution in [3.63, 3.8) is 0 Å². The molecule has 1 aromatic rings. The molecule has 0 saturated carbocycles. The maximum absolute atomic E-state index is 13.3. The first-order valence-electron chi connectivity index (χ1n) is 6.69. The highest BCUT2D eigenvalue weighted by atomic mass is 35.5. The van der Waals surface area contributed by atoms with E-state index < -0.39 is 11.7 Å². The molecule has 0 aromatic heterocycles. The lowest BCUT2D eigenvalue weighted by atomic mass is 10.0. The highest BCUT2D eigenvalue weighted by Crippen LogP contribution is 2.38. The average Bonchev–Trinajstić information content (AvgIpc) is 2.33. The van der Waals surface area contributed by atoms with Gasteiger partial charge in [0.15, 0.2) is 0 Å². The monoisotopic (exact) mass is 307 g/mol. The molecule has 0 N–H and O–H groups in total. The van der Waals surface area contributed by atoms with Gasteiger partial charge in [-0.1, -0.05) is 19.9 Å². The molecule has 0 atom stereocenters. The van der Waals surface area contributed by atoms with Gasteiger partial charge >= 0.3 is 6.18 Å². The van der Waals surface area contributed by atoms with Crippen LogP contribution in [0, 0.1) is 5.92 Å². The fraction of sp³-hybridized carbons (Fsp3) is 0.600. The van der Waals surface area contributed by atoms with Crippen LogP contribution in [0.4, 0.5) is 18.9 Å². The standard InChI is InChI=1S/C15H21ClF3N/c1-10(2)9-20(11(3)4)14-6-5-12(8-16)7-13(14)15(17,18)19/h5-7,10-11H,8-9H2,1-4H3. The molecule has 0 aliphatic heterocycles. The second kappa shape index (κ2) is 6.70. The van der Waals surface area contributed by atoms with Crippen LogP contribution in [-0.2, 0) is 12.1 Å². The van der Waals surface area contributed by atoms with E-state index in [1.807, 2.05) is 27.7 Å². The molecule has 1 aromatic carbocycles. The summed E-state index contributed by atoms with van der Waals surface area (Å²) in [5.74, 6) is 0.362. The Morgan fingerprint density at radius 3 is 2.15 bits per heavy atom. The number of alkyl halides is 4. The largest absolute Gasteiger partial charge is 0.418 e. The summed E-state index contributed by atoms with van der Waals surface area (Å²) >= 11 is 5.65. The number of rotatable bonds is 5. The molecule has 1 nitrogen and oxygen atoms in total. The highest BCUT2D eigenvalue weighted by molar-refractivity contribution is 6.17. The topological polar surface area (TPSA) is 3.24 Å². The molecule has 0 heterocycles. The molecule has 0 amide bonds. The van der Waals surface area contributed by atoms with Crippen molar-refractivity contribution >= 4 is 17.3 Å². The van der Waals surface area contributed by atoms with Gasteiger partial charge in [-0.3, -0.25) is 0 Å². The molecule has 0 radical (unpaired) electrons. The van der Waals surface area contributed by atoms with Crippen molar-refractivity contribution in [3.8, 4) is 0 Å². The maximum atomic E-state index is 13.3. The molecular formula is C15H21ClF3N. The van der Waals surface area contributed by atoms with Crippen LogP contribution in [0.5, 0.6) is 0 Å². The Labute approximate surface area is 123 Å². The number of benzene rings is 1. The molecule has 114 valence electrons. The van der Waals surface area contributed by atoms with Crippen LogP contribution in [0.15, 0.2) is 18.2 Å². The van der Waals surface area contributed by atoms with Gasteiger partial charge in [0.1, 0.15) is 0 Å². The zero-order chi connectivity index (χ0) is 15.5. The first-order chi connectivity index (χ1) is 9.16. The minimum absolute atomic E-state index is 0.000325. The molecule has 0 unspecified atom stereocenters. The van der Waals surface area contributed by atoms with Crippen LogP contribution < -0.4 is 4.90 Å². The molecule has 0 fully saturated rings. The van der Waals surface area contributed by atoms with Crippen molar-refractivity contribution in [2.24, 2.45) is 5.92 Å². The molecule has 20 heavy (non-hydrogen) atoms. The van der Waals surface area contributed by atoms with E-state index in [9.17, 15) is 13.2 Å². The molecule has 5 heteroatoms. The third-order valence-electron chi connectivity index (χ3n) is 3.02. The van der Waals surface area contributed by atoms with Crippen LogP contribution in [0.2, 0.25) is 0 Å². The SMILES string of the molecule is CC(C)CN(c1ccc(CCl)cc1C(F)(F)F)C(C)C. The molecular weight excluding hydrogens is 287 g/mol. The number of hydrogen-bond donors (Lipinski definition) is 0. The lowest BCUT2D eigenvalue weighted by Crippen LogP contribution is -2.35. The summed E-state index contributed by atoms with van der Waals surface area (Å²) in [7, 11) is 0. The van der Waals surface area contributed by atoms with E-state index in [-0.39, 0.29) is 23.5 Å². The van der Waals surface area contributed by atoms with Gasteiger partial charge < -0.3 is 4.90 Å². The van der Waals surface area contributed by atoms with Crippen molar-refractivity contribution in [2.75, 3.05) is 11.4 Å². The summed E-state index contributed by atoms with van der Waals surface area (Å²) in [6.45, 7) is 8.38. The smallest absolute Gasteiger partial charge is 0.368 e. The van der Waals surface area contributed by atoms with E-state index in [1.165, 1.54) is 6.07 Å². The molecule has 0 bridgehead atoms. The van der Waals surface area contributed by atoms with Crippen LogP contribution in [-0.4, -0.2) is 12.6 Å². The summed E-state index contributed by atoms with van der Waals surface area (Å²) in [6.07, 6.45) is -4.37. The highest BCUT2D eigenvalue weighted by Gasteiger charge is 2.35. The number of halogens is 4. The predicted octanol–water partition coefficient (Wildman–Crippen LogP) is 5.32. The quantitative estimate of drug-likeness (QED) is 0.666. The average molecular weight is 308 g/mol. The van der Waals surface area contributed by atoms with Gasteiger partial charge in [0.25, 0.3) is 0 Å². The Morgan fingerprint density at radius 2 is 1.75 bits per heavy atom. The Hall–Kier alpha value is -0.900. The summed E-state index contributed by atoms with van der Waals surface area (Å²) < 4.78 is 39.8. The normalized spacial score (nSPS) is 12.3. The van der Waals surface area contributed by atoms with E-state index >= 15 is 0 Å². The molecule has 0 saturated heterocycles. The van der Waals surface area contributed by atoms with E-state index in [2.05, 4.69) is 0 Å². The third-order valence-corrected chi connectivity index (χ3v) is 3.32. The van der Waals surface area contributed by atoms with Gasteiger partial charge in [0.05, 0.1) is 5.56 Å². The van der Waals surface area contributed by atoms with E-state index in [4.69, 9.17) is 11.6 Å². The Bertz CT molecular complexity index is 441. The third kappa shape index (κ3) is 4.30. The van der Waals surface area contributed by atoms with Crippen LogP contribution in [0.25, 0.3) is 0 Å². The number of hydrogen-bond acceptors (Lipinski definition) is 1. The van der Waals surface area contributed by atoms with E-state index in [0.717, 1.165) is 6.07 Å². The Morgan fingerprint density at radius 1 is 1.15 bits per heavy atom. The molecule has 1 rings (SSSR count). The summed E-state index contributed by atoms with van der Waals surface area (Å²) in [4.78, 5) is 1.80. The van der Waals surface area contributed by atoms with Gasteiger partial charge in [-0.25, -0.2) is 0 Å². The predicted molar refractivity (Wildman–Crippen MR) is 78.3 cm³/mol. The Kier molecular flexibility index (Phi) is 5.75. The van der Waals surface area contributed by atoms with Crippen LogP contribution in [0.3, 0.4) is 0 Å². The first-order valence-corrected chi connectivity index (χ1v) is 7.23. The van der Waals surface area contributed by atoms with Crippen molar-refractivity contribution in [1.82, 2.24) is 0 Å². The summed E-state index contributed by atoms with van der Waals surface area (Å²) in [6, 6.07) is 4.34. The molecule has 0 spiro atoms. The number of anilines is 1. The minimum Gasteiger partial charge on any atom is -0.368 e. The summed E-state index contributed by atoms with van der Waals surface area (Å²) in [5.41, 5.74) is 0.107. The maximum Gasteiger partial charge on any atom is 0.418 e. The first kappa shape index (κ1) is 17.2. The number of nitrogens with zero attached hydrogens (tertiary/aromatic N) is 1. The van der Waals surface area contributed by atoms with Crippen molar-refractivity contribution in [3.05, 3.63) is 29.3 Å². The van der Waals surface area contributed by atoms with E-state index in [0.29, 0.717) is 12.1 Å².